The highest BCUT2D eigenvalue weighted by molar-refractivity contribution is 5.96. The Kier molecular flexibility index (Phi) is 6.98. The highest BCUT2D eigenvalue weighted by Crippen LogP contribution is 2.17. The third-order valence-electron chi connectivity index (χ3n) is 4.59. The number of aromatic amines is 1. The summed E-state index contributed by atoms with van der Waals surface area (Å²) in [4.78, 5) is 26.1. The van der Waals surface area contributed by atoms with Crippen LogP contribution in [0, 0.1) is 20.8 Å². The Morgan fingerprint density at radius 2 is 1.96 bits per heavy atom. The van der Waals surface area contributed by atoms with Crippen LogP contribution in [0.1, 0.15) is 46.2 Å². The topological polar surface area (TPSA) is 90.1 Å². The van der Waals surface area contributed by atoms with Gasteiger partial charge in [0.1, 0.15) is 0 Å². The van der Waals surface area contributed by atoms with E-state index in [0.29, 0.717) is 24.3 Å². The van der Waals surface area contributed by atoms with Gasteiger partial charge >= 0.3 is 6.03 Å². The van der Waals surface area contributed by atoms with Crippen LogP contribution in [-0.4, -0.2) is 47.2 Å². The zero-order valence-corrected chi connectivity index (χ0v) is 16.8. The molecule has 0 aliphatic heterocycles. The number of likely N-dealkylation sites (N-methyl/N-ethyl adjacent to an activating group) is 1. The zero-order chi connectivity index (χ0) is 20.0. The quantitative estimate of drug-likeness (QED) is 0.698. The van der Waals surface area contributed by atoms with Crippen LogP contribution in [0.5, 0.6) is 0 Å². The van der Waals surface area contributed by atoms with Gasteiger partial charge in [-0.3, -0.25) is 9.89 Å². The molecule has 1 aromatic heterocycles. The summed E-state index contributed by atoms with van der Waals surface area (Å²) in [5.74, 6) is -0.0965. The fourth-order valence-corrected chi connectivity index (χ4v) is 2.82. The maximum Gasteiger partial charge on any atom is 0.321 e. The number of nitrogens with zero attached hydrogens (tertiary/aromatic N) is 2. The average Bonchev–Trinajstić information content (AvgIpc) is 2.97. The SMILES string of the molecule is CCCNC(=O)c1ccc(NC(=O)N(C)CCc2c(C)n[nH]c2C)c(C)c1. The smallest absolute Gasteiger partial charge is 0.321 e. The first kappa shape index (κ1) is 20.5. The predicted octanol–water partition coefficient (Wildman–Crippen LogP) is 3.18. The van der Waals surface area contributed by atoms with Gasteiger partial charge in [-0.15, -0.1) is 0 Å². The largest absolute Gasteiger partial charge is 0.352 e. The van der Waals surface area contributed by atoms with Gasteiger partial charge in [-0.25, -0.2) is 4.79 Å². The Bertz CT molecular complexity index is 793. The molecule has 0 aliphatic carbocycles. The number of carbonyl (C=O) groups is 2. The van der Waals surface area contributed by atoms with Crippen molar-refractivity contribution in [3.63, 3.8) is 0 Å². The number of rotatable bonds is 7. The molecule has 0 bridgehead atoms. The molecule has 0 spiro atoms. The first-order chi connectivity index (χ1) is 12.8. The number of amides is 3. The Balaban J connectivity index is 1.95. The molecule has 2 aromatic rings. The molecular weight excluding hydrogens is 342 g/mol. The van der Waals surface area contributed by atoms with Crippen LogP contribution < -0.4 is 10.6 Å². The second kappa shape index (κ2) is 9.21. The van der Waals surface area contributed by atoms with Crippen LogP contribution in [0.2, 0.25) is 0 Å². The first-order valence-corrected chi connectivity index (χ1v) is 9.24. The number of H-pyrrole nitrogens is 1. The molecule has 0 aliphatic rings. The van der Waals surface area contributed by atoms with Gasteiger partial charge in [-0.2, -0.15) is 5.10 Å². The zero-order valence-electron chi connectivity index (χ0n) is 16.8. The minimum Gasteiger partial charge on any atom is -0.352 e. The highest BCUT2D eigenvalue weighted by atomic mass is 16.2. The molecule has 7 nitrogen and oxygen atoms in total. The van der Waals surface area contributed by atoms with E-state index in [2.05, 4.69) is 20.8 Å². The van der Waals surface area contributed by atoms with Crippen LogP contribution in [0.15, 0.2) is 18.2 Å². The second-order valence-corrected chi connectivity index (χ2v) is 6.80. The van der Waals surface area contributed by atoms with Gasteiger partial charge in [0.05, 0.1) is 5.69 Å². The van der Waals surface area contributed by atoms with E-state index in [9.17, 15) is 9.59 Å². The Morgan fingerprint density at radius 3 is 2.56 bits per heavy atom. The molecule has 3 amide bonds. The molecule has 146 valence electrons. The van der Waals surface area contributed by atoms with Gasteiger partial charge < -0.3 is 15.5 Å². The monoisotopic (exact) mass is 371 g/mol. The molecule has 3 N–H and O–H groups in total. The lowest BCUT2D eigenvalue weighted by Gasteiger charge is -2.19. The van der Waals surface area contributed by atoms with Gasteiger partial charge in [0, 0.05) is 37.1 Å². The first-order valence-electron chi connectivity index (χ1n) is 9.24. The van der Waals surface area contributed by atoms with Gasteiger partial charge in [0.2, 0.25) is 0 Å². The number of nitrogens with one attached hydrogen (secondary N) is 3. The summed E-state index contributed by atoms with van der Waals surface area (Å²) in [5.41, 5.74) is 5.30. The molecule has 2 rings (SSSR count). The molecule has 1 heterocycles. The van der Waals surface area contributed by atoms with Crippen molar-refractivity contribution < 1.29 is 9.59 Å². The summed E-state index contributed by atoms with van der Waals surface area (Å²) in [6.07, 6.45) is 1.64. The van der Waals surface area contributed by atoms with E-state index in [-0.39, 0.29) is 11.9 Å². The molecule has 1 aromatic carbocycles. The number of hydrogen-bond acceptors (Lipinski definition) is 3. The summed E-state index contributed by atoms with van der Waals surface area (Å²) >= 11 is 0. The van der Waals surface area contributed by atoms with E-state index >= 15 is 0 Å². The predicted molar refractivity (Wildman–Crippen MR) is 107 cm³/mol. The molecule has 0 unspecified atom stereocenters. The van der Waals surface area contributed by atoms with Crippen LogP contribution >= 0.6 is 0 Å². The van der Waals surface area contributed by atoms with Crippen LogP contribution in [0.3, 0.4) is 0 Å². The number of anilines is 1. The number of benzene rings is 1. The standard InChI is InChI=1S/C20H29N5O2/c1-6-10-21-19(26)16-7-8-18(13(2)12-16)22-20(27)25(5)11-9-17-14(3)23-24-15(17)4/h7-8,12H,6,9-11H2,1-5H3,(H,21,26)(H,22,27)(H,23,24). The molecule has 7 heteroatoms. The lowest BCUT2D eigenvalue weighted by Crippen LogP contribution is -2.33. The van der Waals surface area contributed by atoms with Crippen LogP contribution in [-0.2, 0) is 6.42 Å². The minimum atomic E-state index is -0.180. The van der Waals surface area contributed by atoms with E-state index in [1.165, 1.54) is 0 Å². The fourth-order valence-electron chi connectivity index (χ4n) is 2.82. The molecule has 0 atom stereocenters. The minimum absolute atomic E-state index is 0.0965. The number of aryl methyl sites for hydroxylation is 3. The maximum atomic E-state index is 12.5. The third kappa shape index (κ3) is 5.32. The van der Waals surface area contributed by atoms with Crippen molar-refractivity contribution in [3.8, 4) is 0 Å². The normalized spacial score (nSPS) is 10.6. The molecule has 0 saturated heterocycles. The number of aromatic nitrogens is 2. The molecular formula is C20H29N5O2. The summed E-state index contributed by atoms with van der Waals surface area (Å²) in [7, 11) is 1.77. The number of carbonyl (C=O) groups excluding carboxylic acids is 2. The van der Waals surface area contributed by atoms with E-state index in [4.69, 9.17) is 0 Å². The van der Waals surface area contributed by atoms with Crippen molar-refractivity contribution in [2.75, 3.05) is 25.5 Å². The van der Waals surface area contributed by atoms with E-state index < -0.39 is 0 Å². The third-order valence-corrected chi connectivity index (χ3v) is 4.59. The van der Waals surface area contributed by atoms with Gasteiger partial charge in [0.15, 0.2) is 0 Å². The van der Waals surface area contributed by atoms with E-state index in [0.717, 1.165) is 35.4 Å². The van der Waals surface area contributed by atoms with Gasteiger partial charge in [-0.1, -0.05) is 6.92 Å². The summed E-state index contributed by atoms with van der Waals surface area (Å²) < 4.78 is 0. The summed E-state index contributed by atoms with van der Waals surface area (Å²) in [5, 5.41) is 12.9. The maximum absolute atomic E-state index is 12.5. The summed E-state index contributed by atoms with van der Waals surface area (Å²) in [6, 6.07) is 5.11. The highest BCUT2D eigenvalue weighted by Gasteiger charge is 2.14. The van der Waals surface area contributed by atoms with Crippen LogP contribution in [0.4, 0.5) is 10.5 Å². The number of hydrogen-bond donors (Lipinski definition) is 3. The molecule has 0 fully saturated rings. The van der Waals surface area contributed by atoms with Gasteiger partial charge in [-0.05, 0) is 62.9 Å². The molecule has 0 radical (unpaired) electrons. The van der Waals surface area contributed by atoms with Crippen molar-refractivity contribution in [1.29, 1.82) is 0 Å². The van der Waals surface area contributed by atoms with Crippen molar-refractivity contribution in [2.24, 2.45) is 0 Å². The Morgan fingerprint density at radius 1 is 1.22 bits per heavy atom. The van der Waals surface area contributed by atoms with Crippen molar-refractivity contribution in [2.45, 2.75) is 40.5 Å². The van der Waals surface area contributed by atoms with E-state index in [1.54, 1.807) is 30.1 Å². The Hall–Kier alpha value is -2.83. The van der Waals surface area contributed by atoms with Gasteiger partial charge in [0.25, 0.3) is 5.91 Å². The summed E-state index contributed by atoms with van der Waals surface area (Å²) in [6.45, 7) is 9.07. The lowest BCUT2D eigenvalue weighted by atomic mass is 10.1. The molecule has 27 heavy (non-hydrogen) atoms. The second-order valence-electron chi connectivity index (χ2n) is 6.80. The fraction of sp³-hybridized carbons (Fsp3) is 0.450. The Labute approximate surface area is 160 Å². The lowest BCUT2D eigenvalue weighted by molar-refractivity contribution is 0.0953. The van der Waals surface area contributed by atoms with E-state index in [1.807, 2.05) is 27.7 Å². The van der Waals surface area contributed by atoms with Crippen molar-refractivity contribution in [1.82, 2.24) is 20.4 Å². The molecule has 0 saturated carbocycles. The van der Waals surface area contributed by atoms with Crippen LogP contribution in [0.25, 0.3) is 0 Å². The van der Waals surface area contributed by atoms with Crippen molar-refractivity contribution in [3.05, 3.63) is 46.3 Å². The van der Waals surface area contributed by atoms with Crippen molar-refractivity contribution >= 4 is 17.6 Å². The number of urea groups is 1. The average molecular weight is 371 g/mol.